The molecule has 0 N–H and O–H groups in total. The number of hydrogen-bond acceptors (Lipinski definition) is 3. The number of fused-ring (bicyclic) bond motifs is 6. The fraction of sp³-hybridized carbons (Fsp3) is 0.0417. The van der Waals surface area contributed by atoms with Crippen LogP contribution in [0.1, 0.15) is 23.6 Å². The number of aromatic nitrogens is 2. The lowest BCUT2D eigenvalue weighted by Crippen LogP contribution is -2.22. The molecule has 2 heterocycles. The van der Waals surface area contributed by atoms with E-state index in [2.05, 4.69) is 177 Å². The third-order valence-corrected chi connectivity index (χ3v) is 11.7. The predicted molar refractivity (Wildman–Crippen MR) is 214 cm³/mol. The smallest absolute Gasteiger partial charge is 0.160 e. The molecule has 0 bridgehead atoms. The van der Waals surface area contributed by atoms with Gasteiger partial charge in [-0.1, -0.05) is 152 Å². The quantitative estimate of drug-likeness (QED) is 0.182. The lowest BCUT2D eigenvalue weighted by molar-refractivity contribution is 0.714. The summed E-state index contributed by atoms with van der Waals surface area (Å²) in [5, 5.41) is 2.51. The highest BCUT2D eigenvalue weighted by Crippen LogP contribution is 2.55. The Morgan fingerprint density at radius 2 is 1.06 bits per heavy atom. The fourth-order valence-electron chi connectivity index (χ4n) is 8.15. The topological polar surface area (TPSA) is 25.8 Å². The number of hydrogen-bond donors (Lipinski definition) is 0. The van der Waals surface area contributed by atoms with Crippen LogP contribution in [0.4, 0.5) is 0 Å². The first-order valence-corrected chi connectivity index (χ1v) is 18.2. The summed E-state index contributed by atoms with van der Waals surface area (Å²) in [5.41, 5.74) is 13.7. The molecule has 0 aliphatic heterocycles. The summed E-state index contributed by atoms with van der Waals surface area (Å²) in [5.74, 6) is 0.721. The molecule has 0 amide bonds. The summed E-state index contributed by atoms with van der Waals surface area (Å²) in [4.78, 5) is 10.5. The van der Waals surface area contributed by atoms with Gasteiger partial charge in [0, 0.05) is 42.3 Å². The number of benzene rings is 7. The van der Waals surface area contributed by atoms with Crippen LogP contribution in [0.25, 0.3) is 76.3 Å². The lowest BCUT2D eigenvalue weighted by Gasteiger charge is -2.28. The standard InChI is InChI=1S/C48H32N2S/c1-48(34-19-6-3-7-20-34)39-25-10-8-21-36(39)45-35(23-13-26-40(45)48)32-17-12-18-33(29-32)41-30-42(50-47(49-41)31-15-4-2-5-16-31)37-24-14-28-44-46(37)38-22-9-11-27-43(38)51-44/h2-30H,1H3. The molecule has 0 saturated carbocycles. The van der Waals surface area contributed by atoms with Crippen LogP contribution in [0.15, 0.2) is 176 Å². The molecular formula is C48H32N2S. The van der Waals surface area contributed by atoms with E-state index in [0.717, 1.165) is 33.9 Å². The first kappa shape index (κ1) is 29.7. The van der Waals surface area contributed by atoms with Crippen molar-refractivity contribution in [2.24, 2.45) is 0 Å². The largest absolute Gasteiger partial charge is 0.228 e. The Bertz CT molecular complexity index is 2760. The van der Waals surface area contributed by atoms with Crippen LogP contribution >= 0.6 is 11.3 Å². The van der Waals surface area contributed by atoms with Gasteiger partial charge in [-0.15, -0.1) is 11.3 Å². The summed E-state index contributed by atoms with van der Waals surface area (Å²) in [6.45, 7) is 2.37. The fourth-order valence-corrected chi connectivity index (χ4v) is 9.28. The van der Waals surface area contributed by atoms with Gasteiger partial charge in [-0.3, -0.25) is 0 Å². The zero-order valence-electron chi connectivity index (χ0n) is 28.0. The summed E-state index contributed by atoms with van der Waals surface area (Å²) in [6, 6.07) is 63.2. The molecule has 1 unspecified atom stereocenters. The highest BCUT2D eigenvalue weighted by molar-refractivity contribution is 7.25. The second-order valence-corrected chi connectivity index (χ2v) is 14.5. The molecule has 0 saturated heterocycles. The number of nitrogens with zero attached hydrogens (tertiary/aromatic N) is 2. The predicted octanol–water partition coefficient (Wildman–Crippen LogP) is 12.8. The molecule has 0 radical (unpaired) electrons. The highest BCUT2D eigenvalue weighted by Gasteiger charge is 2.41. The third kappa shape index (κ3) is 4.70. The Hall–Kier alpha value is -6.16. The van der Waals surface area contributed by atoms with E-state index in [1.807, 2.05) is 17.4 Å². The van der Waals surface area contributed by atoms with E-state index in [0.29, 0.717) is 0 Å². The summed E-state index contributed by atoms with van der Waals surface area (Å²) in [6.07, 6.45) is 0. The molecule has 0 fully saturated rings. The van der Waals surface area contributed by atoms with Crippen molar-refractivity contribution >= 4 is 31.5 Å². The van der Waals surface area contributed by atoms with Crippen LogP contribution in [-0.2, 0) is 5.41 Å². The van der Waals surface area contributed by atoms with Crippen molar-refractivity contribution in [2.45, 2.75) is 12.3 Å². The Balaban J connectivity index is 1.17. The van der Waals surface area contributed by atoms with Crippen LogP contribution in [-0.4, -0.2) is 9.97 Å². The van der Waals surface area contributed by atoms with Gasteiger partial charge in [0.15, 0.2) is 5.82 Å². The van der Waals surface area contributed by atoms with Crippen LogP contribution in [0.5, 0.6) is 0 Å². The monoisotopic (exact) mass is 668 g/mol. The Morgan fingerprint density at radius 3 is 1.94 bits per heavy atom. The zero-order chi connectivity index (χ0) is 33.9. The Morgan fingerprint density at radius 1 is 0.451 bits per heavy atom. The van der Waals surface area contributed by atoms with E-state index in [-0.39, 0.29) is 5.41 Å². The second-order valence-electron chi connectivity index (χ2n) is 13.5. The van der Waals surface area contributed by atoms with E-state index >= 15 is 0 Å². The normalized spacial score (nSPS) is 14.8. The van der Waals surface area contributed by atoms with Gasteiger partial charge in [0.1, 0.15) is 0 Å². The molecule has 51 heavy (non-hydrogen) atoms. The van der Waals surface area contributed by atoms with Gasteiger partial charge < -0.3 is 0 Å². The molecule has 1 atom stereocenters. The first-order chi connectivity index (χ1) is 25.2. The maximum Gasteiger partial charge on any atom is 0.160 e. The van der Waals surface area contributed by atoms with Crippen molar-refractivity contribution in [2.75, 3.05) is 0 Å². The van der Waals surface area contributed by atoms with Crippen LogP contribution in [0, 0.1) is 0 Å². The van der Waals surface area contributed by atoms with E-state index in [4.69, 9.17) is 9.97 Å². The Kier molecular flexibility index (Phi) is 6.83. The molecule has 7 aromatic carbocycles. The summed E-state index contributed by atoms with van der Waals surface area (Å²) >= 11 is 1.83. The van der Waals surface area contributed by atoms with E-state index in [1.54, 1.807) is 0 Å². The van der Waals surface area contributed by atoms with E-state index < -0.39 is 0 Å². The van der Waals surface area contributed by atoms with Crippen molar-refractivity contribution in [3.05, 3.63) is 193 Å². The van der Waals surface area contributed by atoms with Crippen LogP contribution < -0.4 is 0 Å². The van der Waals surface area contributed by atoms with E-state index in [9.17, 15) is 0 Å². The highest BCUT2D eigenvalue weighted by atomic mass is 32.1. The van der Waals surface area contributed by atoms with Crippen LogP contribution in [0.2, 0.25) is 0 Å². The average Bonchev–Trinajstić information content (AvgIpc) is 3.72. The van der Waals surface area contributed by atoms with Crippen LogP contribution in [0.3, 0.4) is 0 Å². The SMILES string of the molecule is CC1(c2ccccc2)c2ccccc2-c2c(-c3cccc(-c4cc(-c5cccc6sc7ccccc7c56)nc(-c5ccccc5)n4)c3)cccc21. The minimum Gasteiger partial charge on any atom is -0.228 e. The molecule has 1 aliphatic rings. The van der Waals surface area contributed by atoms with Gasteiger partial charge in [0.05, 0.1) is 11.4 Å². The first-order valence-electron chi connectivity index (χ1n) is 17.4. The van der Waals surface area contributed by atoms with Gasteiger partial charge in [-0.25, -0.2) is 9.97 Å². The van der Waals surface area contributed by atoms with Crippen molar-refractivity contribution in [3.63, 3.8) is 0 Å². The second kappa shape index (κ2) is 11.7. The zero-order valence-corrected chi connectivity index (χ0v) is 28.9. The molecule has 0 spiro atoms. The summed E-state index contributed by atoms with van der Waals surface area (Å²) in [7, 11) is 0. The van der Waals surface area contributed by atoms with Crippen molar-refractivity contribution < 1.29 is 0 Å². The molecule has 240 valence electrons. The van der Waals surface area contributed by atoms with Crippen molar-refractivity contribution in [1.82, 2.24) is 9.97 Å². The molecule has 3 heteroatoms. The van der Waals surface area contributed by atoms with Gasteiger partial charge in [0.2, 0.25) is 0 Å². The molecular weight excluding hydrogens is 637 g/mol. The lowest BCUT2D eigenvalue weighted by atomic mass is 9.74. The number of rotatable bonds is 5. The molecule has 9 aromatic rings. The van der Waals surface area contributed by atoms with Gasteiger partial charge in [0.25, 0.3) is 0 Å². The minimum atomic E-state index is -0.250. The van der Waals surface area contributed by atoms with Gasteiger partial charge in [-0.05, 0) is 70.1 Å². The molecule has 2 nitrogen and oxygen atoms in total. The Labute approximate surface area is 301 Å². The van der Waals surface area contributed by atoms with Gasteiger partial charge in [-0.2, -0.15) is 0 Å². The molecule has 1 aliphatic carbocycles. The maximum atomic E-state index is 5.23. The van der Waals surface area contributed by atoms with E-state index in [1.165, 1.54) is 59.1 Å². The number of thiophene rings is 1. The average molecular weight is 669 g/mol. The summed E-state index contributed by atoms with van der Waals surface area (Å²) < 4.78 is 2.54. The maximum absolute atomic E-state index is 5.23. The molecule has 10 rings (SSSR count). The van der Waals surface area contributed by atoms with Crippen molar-refractivity contribution in [1.29, 1.82) is 0 Å². The third-order valence-electron chi connectivity index (χ3n) is 10.6. The molecule has 2 aromatic heterocycles. The minimum absolute atomic E-state index is 0.250. The van der Waals surface area contributed by atoms with Crippen molar-refractivity contribution in [3.8, 4) is 56.2 Å². The van der Waals surface area contributed by atoms with Gasteiger partial charge >= 0.3 is 0 Å².